The fourth-order valence-electron chi connectivity index (χ4n) is 4.37. The van der Waals surface area contributed by atoms with Crippen LogP contribution in [0.25, 0.3) is 0 Å². The molecule has 2 saturated heterocycles. The molecule has 2 heterocycles. The van der Waals surface area contributed by atoms with Crippen molar-refractivity contribution in [3.05, 3.63) is 30.3 Å². The van der Waals surface area contributed by atoms with Gasteiger partial charge in [-0.15, -0.1) is 0 Å². The number of urea groups is 1. The number of nitrogens with zero attached hydrogens (tertiary/aromatic N) is 2. The number of carbonyl (C=O) groups excluding carboxylic acids is 4. The number of amides is 5. The summed E-state index contributed by atoms with van der Waals surface area (Å²) in [5.41, 5.74) is 0.0262. The molecule has 0 saturated carbocycles. The van der Waals surface area contributed by atoms with Crippen molar-refractivity contribution >= 4 is 29.6 Å². The van der Waals surface area contributed by atoms with Crippen molar-refractivity contribution in [1.29, 1.82) is 0 Å². The Morgan fingerprint density at radius 3 is 2.43 bits per heavy atom. The number of rotatable bonds is 5. The second-order valence-corrected chi connectivity index (χ2v) is 10.2. The van der Waals surface area contributed by atoms with Crippen molar-refractivity contribution in [2.24, 2.45) is 5.92 Å². The third-order valence-electron chi connectivity index (χ3n) is 5.95. The number of carbonyl (C=O) groups is 4. The Morgan fingerprint density at radius 2 is 1.71 bits per heavy atom. The largest absolute Gasteiger partial charge is 0.444 e. The molecule has 0 spiro atoms. The Morgan fingerprint density at radius 1 is 1.00 bits per heavy atom. The molecule has 2 atom stereocenters. The molecule has 35 heavy (non-hydrogen) atoms. The van der Waals surface area contributed by atoms with E-state index in [4.69, 9.17) is 4.74 Å². The Kier molecular flexibility index (Phi) is 9.08. The van der Waals surface area contributed by atoms with E-state index in [1.165, 1.54) is 0 Å². The highest BCUT2D eigenvalue weighted by molar-refractivity contribution is 6.01. The zero-order valence-corrected chi connectivity index (χ0v) is 20.8. The normalized spacial score (nSPS) is 21.1. The van der Waals surface area contributed by atoms with Gasteiger partial charge in [0.15, 0.2) is 0 Å². The summed E-state index contributed by atoms with van der Waals surface area (Å²) in [6.45, 7) is 7.72. The topological polar surface area (TPSA) is 120 Å². The zero-order chi connectivity index (χ0) is 25.4. The number of anilines is 1. The number of benzene rings is 1. The highest BCUT2D eigenvalue weighted by Gasteiger charge is 2.32. The Labute approximate surface area is 206 Å². The summed E-state index contributed by atoms with van der Waals surface area (Å²) >= 11 is 0. The van der Waals surface area contributed by atoms with Crippen molar-refractivity contribution < 1.29 is 23.9 Å². The summed E-state index contributed by atoms with van der Waals surface area (Å²) in [5, 5.41) is 8.07. The lowest BCUT2D eigenvalue weighted by Gasteiger charge is -2.36. The van der Waals surface area contributed by atoms with Crippen LogP contribution in [0.4, 0.5) is 15.3 Å². The summed E-state index contributed by atoms with van der Waals surface area (Å²) in [6.07, 6.45) is 2.74. The number of piperidine rings is 2. The molecule has 5 amide bonds. The quantitative estimate of drug-likeness (QED) is 0.587. The van der Waals surface area contributed by atoms with Gasteiger partial charge in [0.25, 0.3) is 0 Å². The molecule has 3 rings (SSSR count). The Hall–Kier alpha value is -3.14. The van der Waals surface area contributed by atoms with Gasteiger partial charge in [0, 0.05) is 31.4 Å². The van der Waals surface area contributed by atoms with Crippen molar-refractivity contribution in [2.75, 3.05) is 38.0 Å². The third kappa shape index (κ3) is 8.86. The number of hydrogen-bond acceptors (Lipinski definition) is 6. The monoisotopic (exact) mass is 487 g/mol. The van der Waals surface area contributed by atoms with Gasteiger partial charge in [0.05, 0.1) is 12.5 Å². The molecule has 0 radical (unpaired) electrons. The van der Waals surface area contributed by atoms with Gasteiger partial charge in [-0.1, -0.05) is 18.2 Å². The van der Waals surface area contributed by atoms with Crippen molar-refractivity contribution in [3.63, 3.8) is 0 Å². The van der Waals surface area contributed by atoms with E-state index >= 15 is 0 Å². The highest BCUT2D eigenvalue weighted by Crippen LogP contribution is 2.20. The lowest BCUT2D eigenvalue weighted by molar-refractivity contribution is -0.127. The molecule has 0 aliphatic carbocycles. The number of hydrogen-bond donors (Lipinski definition) is 3. The summed E-state index contributed by atoms with van der Waals surface area (Å²) in [7, 11) is 0. The van der Waals surface area contributed by atoms with Gasteiger partial charge in [0.2, 0.25) is 11.8 Å². The number of ether oxygens (including phenoxy) is 1. The second kappa shape index (κ2) is 12.0. The highest BCUT2D eigenvalue weighted by atomic mass is 16.6. The van der Waals surface area contributed by atoms with Crippen LogP contribution in [-0.4, -0.2) is 78.1 Å². The molecule has 2 aliphatic heterocycles. The number of likely N-dealkylation sites (tertiary alicyclic amines) is 2. The molecule has 1 aromatic carbocycles. The SMILES string of the molecule is CC(C)(C)OC(=O)N1CCC[C@H](C(=O)N[C@H]2CCCN(CC(=O)NC(=O)Nc3ccccc3)C2)C1. The lowest BCUT2D eigenvalue weighted by Crippen LogP contribution is -2.53. The molecule has 0 aromatic heterocycles. The van der Waals surface area contributed by atoms with E-state index in [0.717, 1.165) is 32.2 Å². The molecule has 2 aliphatic rings. The molecule has 3 N–H and O–H groups in total. The lowest BCUT2D eigenvalue weighted by atomic mass is 9.96. The standard InChI is InChI=1S/C25H37N5O5/c1-25(2,3)35-24(34)30-14-7-9-18(15-30)22(32)26-20-12-8-13-29(16-20)17-21(31)28-23(33)27-19-10-5-4-6-11-19/h4-6,10-11,18,20H,7-9,12-17H2,1-3H3,(H,26,32)(H2,27,28,31,33)/t18-,20-/m0/s1. The first-order valence-corrected chi connectivity index (χ1v) is 12.3. The van der Waals surface area contributed by atoms with Crippen LogP contribution in [0, 0.1) is 5.92 Å². The Bertz CT molecular complexity index is 901. The fraction of sp³-hybridized carbons (Fsp3) is 0.600. The first-order chi connectivity index (χ1) is 16.6. The maximum absolute atomic E-state index is 12.9. The Balaban J connectivity index is 1.43. The predicted molar refractivity (Wildman–Crippen MR) is 132 cm³/mol. The number of para-hydroxylation sites is 1. The van der Waals surface area contributed by atoms with Gasteiger partial charge < -0.3 is 20.3 Å². The molecule has 1 aromatic rings. The molecule has 192 valence electrons. The number of nitrogens with one attached hydrogen (secondary N) is 3. The fourth-order valence-corrected chi connectivity index (χ4v) is 4.37. The molecular formula is C25H37N5O5. The second-order valence-electron chi connectivity index (χ2n) is 10.2. The van der Waals surface area contributed by atoms with Crippen LogP contribution < -0.4 is 16.0 Å². The zero-order valence-electron chi connectivity index (χ0n) is 20.8. The predicted octanol–water partition coefficient (Wildman–Crippen LogP) is 2.56. The van der Waals surface area contributed by atoms with Gasteiger partial charge in [-0.05, 0) is 65.1 Å². The average molecular weight is 488 g/mol. The van der Waals surface area contributed by atoms with E-state index in [2.05, 4.69) is 16.0 Å². The maximum atomic E-state index is 12.9. The van der Waals surface area contributed by atoms with Crippen LogP contribution in [0.2, 0.25) is 0 Å². The van der Waals surface area contributed by atoms with Crippen LogP contribution in [0.3, 0.4) is 0 Å². The van der Waals surface area contributed by atoms with Gasteiger partial charge in [0.1, 0.15) is 5.60 Å². The number of imide groups is 1. The van der Waals surface area contributed by atoms with E-state index in [9.17, 15) is 19.2 Å². The van der Waals surface area contributed by atoms with Crippen molar-refractivity contribution in [2.45, 2.75) is 58.1 Å². The van der Waals surface area contributed by atoms with Gasteiger partial charge in [-0.2, -0.15) is 0 Å². The van der Waals surface area contributed by atoms with Crippen LogP contribution in [0.15, 0.2) is 30.3 Å². The molecular weight excluding hydrogens is 450 g/mol. The minimum atomic E-state index is -0.577. The minimum Gasteiger partial charge on any atom is -0.444 e. The van der Waals surface area contributed by atoms with E-state index in [1.807, 2.05) is 31.7 Å². The van der Waals surface area contributed by atoms with E-state index < -0.39 is 17.5 Å². The smallest absolute Gasteiger partial charge is 0.410 e. The summed E-state index contributed by atoms with van der Waals surface area (Å²) in [4.78, 5) is 53.3. The summed E-state index contributed by atoms with van der Waals surface area (Å²) in [6, 6.07) is 8.24. The molecule has 0 bridgehead atoms. The first kappa shape index (κ1) is 26.5. The molecule has 10 nitrogen and oxygen atoms in total. The van der Waals surface area contributed by atoms with Crippen molar-refractivity contribution in [1.82, 2.24) is 20.4 Å². The van der Waals surface area contributed by atoms with E-state index in [1.54, 1.807) is 29.2 Å². The molecule has 10 heteroatoms. The van der Waals surface area contributed by atoms with E-state index in [0.29, 0.717) is 25.3 Å². The minimum absolute atomic E-state index is 0.0724. The molecule has 2 fully saturated rings. The average Bonchev–Trinajstić information content (AvgIpc) is 2.78. The first-order valence-electron chi connectivity index (χ1n) is 12.3. The van der Waals surface area contributed by atoms with Gasteiger partial charge in [-0.25, -0.2) is 9.59 Å². The molecule has 0 unspecified atom stereocenters. The summed E-state index contributed by atoms with van der Waals surface area (Å²) < 4.78 is 5.45. The van der Waals surface area contributed by atoms with Crippen LogP contribution >= 0.6 is 0 Å². The van der Waals surface area contributed by atoms with Crippen LogP contribution in [0.5, 0.6) is 0 Å². The van der Waals surface area contributed by atoms with Gasteiger partial charge >= 0.3 is 12.1 Å². The van der Waals surface area contributed by atoms with Crippen LogP contribution in [0.1, 0.15) is 46.5 Å². The van der Waals surface area contributed by atoms with Crippen LogP contribution in [-0.2, 0) is 14.3 Å². The van der Waals surface area contributed by atoms with Crippen molar-refractivity contribution in [3.8, 4) is 0 Å². The van der Waals surface area contributed by atoms with Gasteiger partial charge in [-0.3, -0.25) is 19.8 Å². The maximum Gasteiger partial charge on any atom is 0.410 e. The van der Waals surface area contributed by atoms with E-state index in [-0.39, 0.29) is 30.5 Å². The third-order valence-corrected chi connectivity index (χ3v) is 5.95. The summed E-state index contributed by atoms with van der Waals surface area (Å²) in [5.74, 6) is -0.751.